The number of hydrazine groups is 1. The predicted octanol–water partition coefficient (Wildman–Crippen LogP) is 0.952. The van der Waals surface area contributed by atoms with E-state index in [9.17, 15) is 0 Å². The van der Waals surface area contributed by atoms with E-state index < -0.39 is 0 Å². The molecule has 13 heavy (non-hydrogen) atoms. The minimum atomic E-state index is -0.0173. The van der Waals surface area contributed by atoms with E-state index in [-0.39, 0.29) is 5.84 Å². The molecule has 1 rings (SSSR count). The molecule has 0 bridgehead atoms. The first-order chi connectivity index (χ1) is 6.15. The Labute approximate surface area is 83.7 Å². The number of nitrogens with two attached hydrogens (primary N) is 1. The van der Waals surface area contributed by atoms with Crippen molar-refractivity contribution < 1.29 is 0 Å². The van der Waals surface area contributed by atoms with Crippen LogP contribution in [0.1, 0.15) is 5.69 Å². The second-order valence-corrected chi connectivity index (χ2v) is 3.04. The molecule has 0 saturated heterocycles. The molecule has 0 saturated carbocycles. The van der Waals surface area contributed by atoms with Crippen LogP contribution in [-0.2, 0) is 0 Å². The van der Waals surface area contributed by atoms with Crippen molar-refractivity contribution in [2.24, 2.45) is 5.84 Å². The molecule has 0 fully saturated rings. The van der Waals surface area contributed by atoms with Crippen molar-refractivity contribution >= 4 is 28.1 Å². The van der Waals surface area contributed by atoms with Crippen molar-refractivity contribution in [1.82, 2.24) is 9.99 Å². The highest BCUT2D eigenvalue weighted by Gasteiger charge is 2.06. The van der Waals surface area contributed by atoms with Gasteiger partial charge < -0.3 is 0 Å². The minimum Gasteiger partial charge on any atom is -0.290 e. The van der Waals surface area contributed by atoms with Crippen LogP contribution in [-0.4, -0.2) is 22.2 Å². The fraction of sp³-hybridized carbons (Fsp3) is 0. The molecule has 0 unspecified atom stereocenters. The monoisotopic (exact) mass is 241 g/mol. The quantitative estimate of drug-likeness (QED) is 0.237. The summed E-state index contributed by atoms with van der Waals surface area (Å²) in [6, 6.07) is 5.15. The Kier molecular flexibility index (Phi) is 3.10. The fourth-order valence-corrected chi connectivity index (χ4v) is 1.08. The van der Waals surface area contributed by atoms with Gasteiger partial charge in [0.1, 0.15) is 16.6 Å². The second kappa shape index (κ2) is 4.11. The van der Waals surface area contributed by atoms with E-state index in [1.807, 2.05) is 0 Å². The standard InChI is InChI=1S/C7H8BrN5/c8-6-3-1-2-5(12-6)7(10)13(11)4-9/h1-4,9-10H,11H2. The van der Waals surface area contributed by atoms with Gasteiger partial charge in [-0.3, -0.25) is 15.8 Å². The topological polar surface area (TPSA) is 89.9 Å². The Morgan fingerprint density at radius 2 is 2.31 bits per heavy atom. The van der Waals surface area contributed by atoms with E-state index >= 15 is 0 Å². The predicted molar refractivity (Wildman–Crippen MR) is 53.6 cm³/mol. The maximum Gasteiger partial charge on any atom is 0.167 e. The molecule has 0 radical (unpaired) electrons. The van der Waals surface area contributed by atoms with Crippen LogP contribution in [0.5, 0.6) is 0 Å². The molecule has 0 amide bonds. The van der Waals surface area contributed by atoms with Crippen molar-refractivity contribution in [3.8, 4) is 0 Å². The maximum absolute atomic E-state index is 7.50. The zero-order valence-corrected chi connectivity index (χ0v) is 8.25. The van der Waals surface area contributed by atoms with Gasteiger partial charge in [-0.15, -0.1) is 0 Å². The molecule has 0 aliphatic carbocycles. The lowest BCUT2D eigenvalue weighted by Gasteiger charge is -2.11. The second-order valence-electron chi connectivity index (χ2n) is 2.23. The third-order valence-corrected chi connectivity index (χ3v) is 1.80. The van der Waals surface area contributed by atoms with Gasteiger partial charge in [-0.05, 0) is 28.1 Å². The summed E-state index contributed by atoms with van der Waals surface area (Å²) >= 11 is 3.18. The van der Waals surface area contributed by atoms with Crippen molar-refractivity contribution in [2.45, 2.75) is 0 Å². The molecular formula is C7H8BrN5. The fourth-order valence-electron chi connectivity index (χ4n) is 0.737. The van der Waals surface area contributed by atoms with E-state index in [1.54, 1.807) is 18.2 Å². The van der Waals surface area contributed by atoms with E-state index in [2.05, 4.69) is 20.9 Å². The molecule has 4 N–H and O–H groups in total. The highest BCUT2D eigenvalue weighted by Crippen LogP contribution is 2.06. The number of hydrogen-bond donors (Lipinski definition) is 3. The van der Waals surface area contributed by atoms with Crippen molar-refractivity contribution in [3.05, 3.63) is 28.5 Å². The molecular weight excluding hydrogens is 234 g/mol. The zero-order chi connectivity index (χ0) is 9.84. The summed E-state index contributed by atoms with van der Waals surface area (Å²) in [7, 11) is 0. The lowest BCUT2D eigenvalue weighted by molar-refractivity contribution is 0.663. The first-order valence-electron chi connectivity index (χ1n) is 3.41. The molecule has 0 aromatic carbocycles. The molecule has 5 nitrogen and oxygen atoms in total. The summed E-state index contributed by atoms with van der Waals surface area (Å²) < 4.78 is 0.633. The summed E-state index contributed by atoms with van der Waals surface area (Å²) in [5.41, 5.74) is 0.417. The summed E-state index contributed by atoms with van der Waals surface area (Å²) in [6.07, 6.45) is 0.852. The third kappa shape index (κ3) is 2.33. The number of aromatic nitrogens is 1. The van der Waals surface area contributed by atoms with Gasteiger partial charge >= 0.3 is 0 Å². The van der Waals surface area contributed by atoms with E-state index in [0.717, 1.165) is 11.3 Å². The zero-order valence-electron chi connectivity index (χ0n) is 6.66. The summed E-state index contributed by atoms with van der Waals surface area (Å²) in [5.74, 6) is 5.29. The van der Waals surface area contributed by atoms with Crippen LogP contribution in [0.3, 0.4) is 0 Å². The highest BCUT2D eigenvalue weighted by atomic mass is 79.9. The number of hydrogen-bond acceptors (Lipinski definition) is 4. The van der Waals surface area contributed by atoms with Crippen LogP contribution in [0.15, 0.2) is 22.8 Å². The lowest BCUT2D eigenvalue weighted by Crippen LogP contribution is -2.36. The van der Waals surface area contributed by atoms with Crippen LogP contribution in [0.2, 0.25) is 0 Å². The molecule has 1 heterocycles. The van der Waals surface area contributed by atoms with Crippen LogP contribution in [0, 0.1) is 10.8 Å². The molecule has 1 aromatic rings. The Morgan fingerprint density at radius 3 is 2.85 bits per heavy atom. The molecule has 0 spiro atoms. The highest BCUT2D eigenvalue weighted by molar-refractivity contribution is 9.10. The number of rotatable bonds is 2. The Balaban J connectivity index is 2.95. The number of pyridine rings is 1. The molecule has 0 atom stereocenters. The minimum absolute atomic E-state index is 0.0173. The average molecular weight is 242 g/mol. The summed E-state index contributed by atoms with van der Waals surface area (Å²) in [5, 5.41) is 15.2. The van der Waals surface area contributed by atoms with Crippen LogP contribution >= 0.6 is 15.9 Å². The Morgan fingerprint density at radius 1 is 1.62 bits per heavy atom. The van der Waals surface area contributed by atoms with Gasteiger partial charge in [0.05, 0.1) is 0 Å². The van der Waals surface area contributed by atoms with Crippen molar-refractivity contribution in [2.75, 3.05) is 0 Å². The lowest BCUT2D eigenvalue weighted by atomic mass is 10.3. The van der Waals surface area contributed by atoms with Crippen LogP contribution in [0.25, 0.3) is 0 Å². The molecule has 68 valence electrons. The van der Waals surface area contributed by atoms with Gasteiger partial charge in [0.25, 0.3) is 0 Å². The Hall–Kier alpha value is -1.27. The van der Waals surface area contributed by atoms with Crippen LogP contribution in [0.4, 0.5) is 0 Å². The smallest absolute Gasteiger partial charge is 0.167 e. The van der Waals surface area contributed by atoms with Gasteiger partial charge in [0.15, 0.2) is 5.84 Å². The number of nitrogens with zero attached hydrogens (tertiary/aromatic N) is 2. The normalized spacial score (nSPS) is 9.38. The third-order valence-electron chi connectivity index (χ3n) is 1.36. The SMILES string of the molecule is N=CN(N)C(=N)c1cccc(Br)n1. The Bertz CT molecular complexity index is 337. The molecule has 1 aromatic heterocycles. The summed E-state index contributed by atoms with van der Waals surface area (Å²) in [4.78, 5) is 4.01. The van der Waals surface area contributed by atoms with Gasteiger partial charge in [-0.2, -0.15) is 0 Å². The van der Waals surface area contributed by atoms with E-state index in [4.69, 9.17) is 16.7 Å². The van der Waals surface area contributed by atoms with Crippen molar-refractivity contribution in [3.63, 3.8) is 0 Å². The molecule has 0 aliphatic heterocycles. The van der Waals surface area contributed by atoms with Gasteiger partial charge in [-0.1, -0.05) is 6.07 Å². The molecule has 6 heteroatoms. The average Bonchev–Trinajstić information content (AvgIpc) is 2.15. The largest absolute Gasteiger partial charge is 0.290 e. The number of nitrogens with one attached hydrogen (secondary N) is 2. The van der Waals surface area contributed by atoms with Crippen molar-refractivity contribution in [1.29, 1.82) is 10.8 Å². The van der Waals surface area contributed by atoms with Gasteiger partial charge in [0.2, 0.25) is 0 Å². The number of halogens is 1. The van der Waals surface area contributed by atoms with Crippen LogP contribution < -0.4 is 5.84 Å². The first kappa shape index (κ1) is 9.82. The number of amidine groups is 1. The molecule has 0 aliphatic rings. The van der Waals surface area contributed by atoms with Gasteiger partial charge in [-0.25, -0.2) is 10.8 Å². The van der Waals surface area contributed by atoms with E-state index in [0.29, 0.717) is 10.3 Å². The summed E-state index contributed by atoms with van der Waals surface area (Å²) in [6.45, 7) is 0. The maximum atomic E-state index is 7.50. The van der Waals surface area contributed by atoms with Gasteiger partial charge in [0, 0.05) is 0 Å². The first-order valence-corrected chi connectivity index (χ1v) is 4.20. The van der Waals surface area contributed by atoms with E-state index in [1.165, 1.54) is 0 Å².